The monoisotopic (exact) mass is 421 g/mol. The number of aromatic amines is 1. The molecule has 0 aliphatic heterocycles. The number of hydrogen-bond donors (Lipinski definition) is 0. The van der Waals surface area contributed by atoms with Gasteiger partial charge in [-0.1, -0.05) is 17.9 Å². The van der Waals surface area contributed by atoms with Crippen LogP contribution in [-0.4, -0.2) is 37.9 Å². The molecule has 4 nitrogen and oxygen atoms in total. The molecule has 0 saturated heterocycles. The third-order valence-electron chi connectivity index (χ3n) is 2.08. The quantitative estimate of drug-likeness (QED) is 0.479. The first-order chi connectivity index (χ1) is 11.3. The second-order valence-electron chi connectivity index (χ2n) is 4.19. The SMILES string of the molecule is [O-]P(=S)(OCC(F)(F)C(F)F)OCC(F)(F)C(F)F.c1cc[nH+]cc1. The Labute approximate surface area is 142 Å². The molecule has 1 N–H and O–H groups in total. The summed E-state index contributed by atoms with van der Waals surface area (Å²) in [4.78, 5) is 13.9. The normalized spacial score (nSPS) is 12.9. The molecule has 1 aromatic rings. The van der Waals surface area contributed by atoms with E-state index in [0.29, 0.717) is 0 Å². The molecular formula is C11H12F8NO3PS. The molecule has 1 aromatic heterocycles. The highest BCUT2D eigenvalue weighted by Crippen LogP contribution is 2.43. The molecule has 0 atom stereocenters. The maximum atomic E-state index is 12.3. The zero-order chi connectivity index (χ0) is 19.7. The van der Waals surface area contributed by atoms with Gasteiger partial charge in [-0.05, 0) is 0 Å². The van der Waals surface area contributed by atoms with Gasteiger partial charge >= 0.3 is 24.7 Å². The van der Waals surface area contributed by atoms with Crippen molar-refractivity contribution < 1.29 is 54.0 Å². The first kappa shape index (κ1) is 24.1. The highest BCUT2D eigenvalue weighted by molar-refractivity contribution is 8.06. The minimum atomic E-state index is -5.01. The van der Waals surface area contributed by atoms with Gasteiger partial charge in [0.2, 0.25) is 0 Å². The third kappa shape index (κ3) is 10.6. The number of rotatable bonds is 8. The van der Waals surface area contributed by atoms with Crippen LogP contribution in [0.25, 0.3) is 0 Å². The van der Waals surface area contributed by atoms with Crippen LogP contribution < -0.4 is 9.88 Å². The minimum Gasteiger partial charge on any atom is -0.780 e. The zero-order valence-electron chi connectivity index (χ0n) is 12.1. The number of pyridine rings is 1. The molecule has 0 aliphatic rings. The van der Waals surface area contributed by atoms with E-state index in [-0.39, 0.29) is 0 Å². The van der Waals surface area contributed by atoms with Gasteiger partial charge in [-0.25, -0.2) is 22.5 Å². The molecule has 0 saturated carbocycles. The minimum absolute atomic E-state index is 1.88. The van der Waals surface area contributed by atoms with E-state index < -0.39 is 44.6 Å². The molecule has 0 spiro atoms. The van der Waals surface area contributed by atoms with Gasteiger partial charge in [-0.15, -0.1) is 0 Å². The van der Waals surface area contributed by atoms with Crippen molar-refractivity contribution in [1.82, 2.24) is 0 Å². The van der Waals surface area contributed by atoms with Crippen LogP contribution >= 0.6 is 6.72 Å². The standard InChI is InChI=1S/C6H7F8O3PS.C5H5N/c7-3(8)5(11,12)1-16-18(15,19)17-2-6(13,14)4(9)10;1-2-4-6-5-3-1/h3-4H,1-2H2,(H,15,19);1-5H. The van der Waals surface area contributed by atoms with E-state index in [0.717, 1.165) is 0 Å². The van der Waals surface area contributed by atoms with Crippen molar-refractivity contribution >= 4 is 18.5 Å². The average Bonchev–Trinajstić information content (AvgIpc) is 2.54. The molecule has 0 bridgehead atoms. The first-order valence-corrected chi connectivity index (χ1v) is 8.69. The number of nitrogens with one attached hydrogen (secondary N) is 1. The highest BCUT2D eigenvalue weighted by Gasteiger charge is 2.43. The highest BCUT2D eigenvalue weighted by atomic mass is 32.5. The fourth-order valence-electron chi connectivity index (χ4n) is 0.835. The van der Waals surface area contributed by atoms with Crippen molar-refractivity contribution in [3.63, 3.8) is 0 Å². The second kappa shape index (κ2) is 10.3. The fraction of sp³-hybridized carbons (Fsp3) is 0.545. The van der Waals surface area contributed by atoms with Crippen LogP contribution in [0.4, 0.5) is 35.1 Å². The van der Waals surface area contributed by atoms with E-state index in [1.807, 2.05) is 30.6 Å². The molecule has 0 fully saturated rings. The van der Waals surface area contributed by atoms with E-state index in [1.54, 1.807) is 0 Å². The van der Waals surface area contributed by atoms with E-state index >= 15 is 0 Å². The summed E-state index contributed by atoms with van der Waals surface area (Å²) >= 11 is 3.81. The van der Waals surface area contributed by atoms with E-state index in [4.69, 9.17) is 0 Å². The number of H-pyrrole nitrogens is 1. The van der Waals surface area contributed by atoms with E-state index in [1.165, 1.54) is 0 Å². The topological polar surface area (TPSA) is 55.7 Å². The molecule has 1 rings (SSSR count). The van der Waals surface area contributed by atoms with E-state index in [2.05, 4.69) is 25.8 Å². The number of aromatic nitrogens is 1. The van der Waals surface area contributed by atoms with Crippen LogP contribution in [0.15, 0.2) is 30.6 Å². The van der Waals surface area contributed by atoms with Crippen molar-refractivity contribution in [1.29, 1.82) is 0 Å². The predicted molar refractivity (Wildman–Crippen MR) is 71.1 cm³/mol. The fourth-order valence-corrected chi connectivity index (χ4v) is 1.89. The summed E-state index contributed by atoms with van der Waals surface area (Å²) in [5, 5.41) is 0. The summed E-state index contributed by atoms with van der Waals surface area (Å²) in [5.41, 5.74) is 0. The van der Waals surface area contributed by atoms with Crippen LogP contribution in [0.2, 0.25) is 0 Å². The molecule has 25 heavy (non-hydrogen) atoms. The van der Waals surface area contributed by atoms with Crippen LogP contribution in [-0.2, 0) is 20.9 Å². The predicted octanol–water partition coefficient (Wildman–Crippen LogP) is 2.91. The van der Waals surface area contributed by atoms with Crippen molar-refractivity contribution in [2.45, 2.75) is 24.7 Å². The van der Waals surface area contributed by atoms with Crippen molar-refractivity contribution in [2.75, 3.05) is 13.2 Å². The van der Waals surface area contributed by atoms with Crippen molar-refractivity contribution in [3.05, 3.63) is 30.6 Å². The average molecular weight is 421 g/mol. The van der Waals surface area contributed by atoms with E-state index in [9.17, 15) is 40.0 Å². The Kier molecular flexibility index (Phi) is 9.95. The summed E-state index contributed by atoms with van der Waals surface area (Å²) in [5.74, 6) is -9.47. The van der Waals surface area contributed by atoms with Crippen LogP contribution in [0.5, 0.6) is 0 Å². The lowest BCUT2D eigenvalue weighted by Crippen LogP contribution is -2.35. The van der Waals surface area contributed by atoms with Crippen LogP contribution in [0, 0.1) is 0 Å². The molecule has 14 heteroatoms. The molecule has 0 unspecified atom stereocenters. The molecular weight excluding hydrogens is 409 g/mol. The first-order valence-electron chi connectivity index (χ1n) is 6.13. The van der Waals surface area contributed by atoms with Crippen LogP contribution in [0.1, 0.15) is 0 Å². The molecule has 0 radical (unpaired) electrons. The Morgan fingerprint density at radius 2 is 1.24 bits per heavy atom. The van der Waals surface area contributed by atoms with Gasteiger partial charge in [0, 0.05) is 12.1 Å². The molecule has 0 aliphatic carbocycles. The lowest BCUT2D eigenvalue weighted by atomic mass is 10.4. The summed E-state index contributed by atoms with van der Waals surface area (Å²) in [6.45, 7) is -9.33. The van der Waals surface area contributed by atoms with Gasteiger partial charge in [0.1, 0.15) is 19.9 Å². The number of hydrogen-bond acceptors (Lipinski definition) is 4. The van der Waals surface area contributed by atoms with Crippen LogP contribution in [0.3, 0.4) is 0 Å². The molecule has 1 heterocycles. The summed E-state index contributed by atoms with van der Waals surface area (Å²) in [6, 6.07) is 5.86. The summed E-state index contributed by atoms with van der Waals surface area (Å²) in [6.07, 6.45) is -4.60. The lowest BCUT2D eigenvalue weighted by Gasteiger charge is -2.30. The third-order valence-corrected chi connectivity index (χ3v) is 3.60. The number of alkyl halides is 8. The Morgan fingerprint density at radius 1 is 0.880 bits per heavy atom. The Morgan fingerprint density at radius 3 is 1.44 bits per heavy atom. The van der Waals surface area contributed by atoms with Crippen molar-refractivity contribution in [2.24, 2.45) is 0 Å². The Balaban J connectivity index is 0.000000796. The maximum Gasteiger partial charge on any atom is 0.330 e. The molecule has 0 amide bonds. The Bertz CT molecular complexity index is 483. The van der Waals surface area contributed by atoms with Crippen molar-refractivity contribution in [3.8, 4) is 0 Å². The van der Waals surface area contributed by atoms with Gasteiger partial charge in [-0.2, -0.15) is 17.6 Å². The molecule has 146 valence electrons. The second-order valence-corrected chi connectivity index (χ2v) is 6.95. The summed E-state index contributed by atoms with van der Waals surface area (Å²) in [7, 11) is 0. The largest absolute Gasteiger partial charge is 0.780 e. The number of halogens is 8. The lowest BCUT2D eigenvalue weighted by molar-refractivity contribution is -0.377. The van der Waals surface area contributed by atoms with Gasteiger partial charge in [0.25, 0.3) is 0 Å². The smallest absolute Gasteiger partial charge is 0.330 e. The maximum absolute atomic E-state index is 12.3. The van der Waals surface area contributed by atoms with Gasteiger partial charge < -0.3 is 13.9 Å². The van der Waals surface area contributed by atoms with Gasteiger partial charge in [-0.3, -0.25) is 0 Å². The Hall–Kier alpha value is -0.880. The van der Waals surface area contributed by atoms with Gasteiger partial charge in [0.05, 0.1) is 0 Å². The zero-order valence-corrected chi connectivity index (χ0v) is 13.8. The summed E-state index contributed by atoms with van der Waals surface area (Å²) < 4.78 is 103. The van der Waals surface area contributed by atoms with Gasteiger partial charge in [0.15, 0.2) is 12.4 Å². The molecule has 0 aromatic carbocycles.